The molecule has 0 aromatic carbocycles. The molecule has 0 saturated carbocycles. The first-order chi connectivity index (χ1) is 12.5. The zero-order chi connectivity index (χ0) is 18.8. The first-order valence-electron chi connectivity index (χ1n) is 8.06. The lowest BCUT2D eigenvalue weighted by atomic mass is 10.1. The highest BCUT2D eigenvalue weighted by atomic mass is 16.6. The third-order valence-electron chi connectivity index (χ3n) is 4.14. The SMILES string of the molecule is CCOC(=O)C=Cc1cn([C@@H]2O[C@H](CO)[C@@H](O)[C@H]2O)c2ncnc(N)c12. The molecule has 0 aliphatic carbocycles. The zero-order valence-corrected chi connectivity index (χ0v) is 14.0. The monoisotopic (exact) mass is 364 g/mol. The maximum absolute atomic E-state index is 11.6. The van der Waals surface area contributed by atoms with Gasteiger partial charge in [0.2, 0.25) is 0 Å². The summed E-state index contributed by atoms with van der Waals surface area (Å²) in [5.41, 5.74) is 6.82. The Kier molecular flexibility index (Phi) is 5.18. The van der Waals surface area contributed by atoms with Crippen LogP contribution in [0.15, 0.2) is 18.6 Å². The van der Waals surface area contributed by atoms with Crippen molar-refractivity contribution in [2.75, 3.05) is 18.9 Å². The van der Waals surface area contributed by atoms with Crippen molar-refractivity contribution in [1.82, 2.24) is 14.5 Å². The van der Waals surface area contributed by atoms with Crippen molar-refractivity contribution in [1.29, 1.82) is 0 Å². The fourth-order valence-electron chi connectivity index (χ4n) is 2.92. The number of aliphatic hydroxyl groups excluding tert-OH is 3. The molecule has 1 aliphatic heterocycles. The maximum atomic E-state index is 11.6. The van der Waals surface area contributed by atoms with Gasteiger partial charge < -0.3 is 35.1 Å². The van der Waals surface area contributed by atoms with E-state index < -0.39 is 37.1 Å². The third kappa shape index (κ3) is 3.15. The van der Waals surface area contributed by atoms with Gasteiger partial charge in [0.15, 0.2) is 6.23 Å². The van der Waals surface area contributed by atoms with Gasteiger partial charge in [-0.3, -0.25) is 0 Å². The van der Waals surface area contributed by atoms with E-state index in [-0.39, 0.29) is 12.4 Å². The van der Waals surface area contributed by atoms with Crippen LogP contribution in [0.4, 0.5) is 5.82 Å². The number of fused-ring (bicyclic) bond motifs is 1. The van der Waals surface area contributed by atoms with E-state index >= 15 is 0 Å². The second-order valence-electron chi connectivity index (χ2n) is 5.76. The van der Waals surface area contributed by atoms with Crippen LogP contribution in [0, 0.1) is 0 Å². The predicted octanol–water partition coefficient (Wildman–Crippen LogP) is -0.799. The molecule has 0 radical (unpaired) electrons. The highest BCUT2D eigenvalue weighted by Crippen LogP contribution is 2.34. The number of aliphatic hydroxyl groups is 3. The number of nitrogens with two attached hydrogens (primary N) is 1. The van der Waals surface area contributed by atoms with Crippen molar-refractivity contribution < 1.29 is 29.6 Å². The number of aromatic nitrogens is 3. The predicted molar refractivity (Wildman–Crippen MR) is 90.6 cm³/mol. The summed E-state index contributed by atoms with van der Waals surface area (Å²) >= 11 is 0. The van der Waals surface area contributed by atoms with E-state index in [1.54, 1.807) is 13.1 Å². The van der Waals surface area contributed by atoms with Gasteiger partial charge in [-0.2, -0.15) is 0 Å². The molecule has 0 bridgehead atoms. The van der Waals surface area contributed by atoms with E-state index in [4.69, 9.17) is 15.2 Å². The molecule has 3 rings (SSSR count). The first kappa shape index (κ1) is 18.3. The van der Waals surface area contributed by atoms with Crippen LogP contribution in [0.1, 0.15) is 18.7 Å². The molecule has 0 spiro atoms. The number of rotatable bonds is 5. The molecule has 0 unspecified atom stereocenters. The number of carbonyl (C=O) groups excluding carboxylic acids is 1. The van der Waals surface area contributed by atoms with Crippen LogP contribution in [-0.2, 0) is 14.3 Å². The highest BCUT2D eigenvalue weighted by Gasteiger charge is 2.44. The standard InChI is InChI=1S/C16H20N4O6/c1-2-25-10(22)4-3-8-5-20(15-11(8)14(17)18-7-19-15)16-13(24)12(23)9(6-21)26-16/h3-5,7,9,12-13,16,21,23-24H,2,6H2,1H3,(H2,17,18,19)/t9-,12-,13-,16-/m1/s1. The average molecular weight is 364 g/mol. The number of esters is 1. The number of nitrogen functional groups attached to an aromatic ring is 1. The topological polar surface area (TPSA) is 153 Å². The van der Waals surface area contributed by atoms with Crippen molar-refractivity contribution >= 4 is 28.9 Å². The number of ether oxygens (including phenoxy) is 2. The van der Waals surface area contributed by atoms with Crippen LogP contribution >= 0.6 is 0 Å². The fourth-order valence-corrected chi connectivity index (χ4v) is 2.92. The second kappa shape index (κ2) is 7.38. The van der Waals surface area contributed by atoms with Crippen LogP contribution < -0.4 is 5.73 Å². The lowest BCUT2D eigenvalue weighted by Crippen LogP contribution is -2.33. The molecule has 5 N–H and O–H groups in total. The normalized spacial score (nSPS) is 26.0. The van der Waals surface area contributed by atoms with Crippen LogP contribution in [0.25, 0.3) is 17.1 Å². The molecule has 1 saturated heterocycles. The Labute approximate surface area is 148 Å². The highest BCUT2D eigenvalue weighted by molar-refractivity contribution is 5.97. The van der Waals surface area contributed by atoms with Crippen LogP contribution in [0.3, 0.4) is 0 Å². The van der Waals surface area contributed by atoms with Gasteiger partial charge in [0.05, 0.1) is 18.6 Å². The minimum atomic E-state index is -1.28. The molecule has 2 aromatic rings. The van der Waals surface area contributed by atoms with Crippen molar-refractivity contribution in [3.63, 3.8) is 0 Å². The Balaban J connectivity index is 2.05. The van der Waals surface area contributed by atoms with Gasteiger partial charge in [-0.25, -0.2) is 14.8 Å². The van der Waals surface area contributed by atoms with Gasteiger partial charge in [0.1, 0.15) is 36.1 Å². The summed E-state index contributed by atoms with van der Waals surface area (Å²) in [5.74, 6) is -0.333. The molecular weight excluding hydrogens is 344 g/mol. The van der Waals surface area contributed by atoms with Crippen molar-refractivity contribution in [2.45, 2.75) is 31.5 Å². The zero-order valence-electron chi connectivity index (χ0n) is 14.0. The third-order valence-corrected chi connectivity index (χ3v) is 4.14. The summed E-state index contributed by atoms with van der Waals surface area (Å²) in [6.45, 7) is 1.50. The van der Waals surface area contributed by atoms with E-state index in [9.17, 15) is 20.1 Å². The van der Waals surface area contributed by atoms with Crippen LogP contribution in [0.2, 0.25) is 0 Å². The number of hydrogen-bond acceptors (Lipinski definition) is 9. The smallest absolute Gasteiger partial charge is 0.330 e. The Morgan fingerprint density at radius 2 is 2.19 bits per heavy atom. The second-order valence-corrected chi connectivity index (χ2v) is 5.76. The molecule has 26 heavy (non-hydrogen) atoms. The van der Waals surface area contributed by atoms with E-state index in [0.717, 1.165) is 0 Å². The molecular formula is C16H20N4O6. The van der Waals surface area contributed by atoms with E-state index in [2.05, 4.69) is 9.97 Å². The van der Waals surface area contributed by atoms with Gasteiger partial charge in [-0.15, -0.1) is 0 Å². The molecule has 4 atom stereocenters. The summed E-state index contributed by atoms with van der Waals surface area (Å²) < 4.78 is 11.9. The lowest BCUT2D eigenvalue weighted by molar-refractivity contribution is -0.137. The van der Waals surface area contributed by atoms with E-state index in [0.29, 0.717) is 16.6 Å². The van der Waals surface area contributed by atoms with Crippen molar-refractivity contribution in [2.24, 2.45) is 0 Å². The van der Waals surface area contributed by atoms with Crippen molar-refractivity contribution in [3.8, 4) is 0 Å². The van der Waals surface area contributed by atoms with E-state index in [1.165, 1.54) is 23.0 Å². The molecule has 2 aromatic heterocycles. The average Bonchev–Trinajstić information content (AvgIpc) is 3.13. The van der Waals surface area contributed by atoms with Gasteiger partial charge in [-0.05, 0) is 13.0 Å². The number of carbonyl (C=O) groups is 1. The molecule has 0 amide bonds. The molecule has 10 nitrogen and oxygen atoms in total. The number of anilines is 1. The maximum Gasteiger partial charge on any atom is 0.330 e. The molecule has 1 aliphatic rings. The Morgan fingerprint density at radius 1 is 1.42 bits per heavy atom. The van der Waals surface area contributed by atoms with Gasteiger partial charge in [0, 0.05) is 17.8 Å². The van der Waals surface area contributed by atoms with Gasteiger partial charge in [-0.1, -0.05) is 0 Å². The van der Waals surface area contributed by atoms with Crippen LogP contribution in [0.5, 0.6) is 0 Å². The summed E-state index contributed by atoms with van der Waals surface area (Å²) in [6, 6.07) is 0. The number of nitrogens with zero attached hydrogens (tertiary/aromatic N) is 3. The molecule has 3 heterocycles. The molecule has 1 fully saturated rings. The number of hydrogen-bond donors (Lipinski definition) is 4. The largest absolute Gasteiger partial charge is 0.463 e. The van der Waals surface area contributed by atoms with Crippen molar-refractivity contribution in [3.05, 3.63) is 24.2 Å². The molecule has 10 heteroatoms. The Hall–Kier alpha value is -2.53. The van der Waals surface area contributed by atoms with Gasteiger partial charge in [0.25, 0.3) is 0 Å². The van der Waals surface area contributed by atoms with E-state index in [1.807, 2.05) is 0 Å². The summed E-state index contributed by atoms with van der Waals surface area (Å²) in [7, 11) is 0. The first-order valence-corrected chi connectivity index (χ1v) is 8.06. The van der Waals surface area contributed by atoms with Crippen LogP contribution in [-0.4, -0.2) is 67.3 Å². The summed E-state index contributed by atoms with van der Waals surface area (Å²) in [4.78, 5) is 19.7. The van der Waals surface area contributed by atoms with Gasteiger partial charge >= 0.3 is 5.97 Å². The Morgan fingerprint density at radius 3 is 2.85 bits per heavy atom. The fraction of sp³-hybridized carbons (Fsp3) is 0.438. The Bertz CT molecular complexity index is 835. The minimum absolute atomic E-state index is 0.184. The summed E-state index contributed by atoms with van der Waals surface area (Å²) in [6.07, 6.45) is 1.14. The quantitative estimate of drug-likeness (QED) is 0.394. The minimum Gasteiger partial charge on any atom is -0.463 e. The molecule has 140 valence electrons. The summed E-state index contributed by atoms with van der Waals surface area (Å²) in [5, 5.41) is 30.0. The lowest BCUT2D eigenvalue weighted by Gasteiger charge is -2.17.